The van der Waals surface area contributed by atoms with Crippen LogP contribution >= 0.6 is 0 Å². The lowest BCUT2D eigenvalue weighted by atomic mass is 9.87. The summed E-state index contributed by atoms with van der Waals surface area (Å²) in [6.45, 7) is 8.45. The molecular weight excluding hydrogens is 246 g/mol. The van der Waals surface area contributed by atoms with E-state index in [9.17, 15) is 5.26 Å². The van der Waals surface area contributed by atoms with Gasteiger partial charge in [-0.25, -0.2) is 0 Å². The molecule has 2 aromatic rings. The fraction of sp³-hybridized carbons (Fsp3) is 0.278. The molecule has 0 atom stereocenters. The Hall–Kier alpha value is -2.27. The van der Waals surface area contributed by atoms with Crippen LogP contribution in [0.2, 0.25) is 0 Å². The monoisotopic (exact) mass is 265 g/mol. The Bertz CT molecular complexity index is 660. The van der Waals surface area contributed by atoms with Gasteiger partial charge in [-0.1, -0.05) is 45.0 Å². The molecule has 0 amide bonds. The number of ether oxygens (including phenoxy) is 1. The van der Waals surface area contributed by atoms with Crippen molar-refractivity contribution in [3.8, 4) is 17.6 Å². The van der Waals surface area contributed by atoms with Crippen LogP contribution in [0, 0.1) is 18.3 Å². The van der Waals surface area contributed by atoms with E-state index in [-0.39, 0.29) is 5.41 Å². The maximum atomic E-state index is 9.17. The van der Waals surface area contributed by atoms with Crippen molar-refractivity contribution in [1.82, 2.24) is 0 Å². The summed E-state index contributed by atoms with van der Waals surface area (Å²) in [7, 11) is 0. The largest absolute Gasteiger partial charge is 0.456 e. The first kappa shape index (κ1) is 14.1. The Morgan fingerprint density at radius 1 is 1.05 bits per heavy atom. The maximum absolute atomic E-state index is 9.17. The highest BCUT2D eigenvalue weighted by molar-refractivity contribution is 5.50. The van der Waals surface area contributed by atoms with Crippen molar-refractivity contribution in [2.24, 2.45) is 0 Å². The van der Waals surface area contributed by atoms with Crippen LogP contribution in [-0.2, 0) is 5.41 Å². The number of hydrogen-bond acceptors (Lipinski definition) is 2. The summed E-state index contributed by atoms with van der Waals surface area (Å²) in [6, 6.07) is 15.8. The summed E-state index contributed by atoms with van der Waals surface area (Å²) < 4.78 is 5.94. The van der Waals surface area contributed by atoms with Crippen LogP contribution < -0.4 is 4.74 Å². The average Bonchev–Trinajstić information content (AvgIpc) is 2.40. The highest BCUT2D eigenvalue weighted by atomic mass is 16.5. The molecule has 0 aliphatic heterocycles. The van der Waals surface area contributed by atoms with E-state index in [1.54, 1.807) is 6.07 Å². The molecule has 0 aromatic heterocycles. The summed E-state index contributed by atoms with van der Waals surface area (Å²) in [6.07, 6.45) is 0. The van der Waals surface area contributed by atoms with Gasteiger partial charge in [-0.3, -0.25) is 0 Å². The Balaban J connectivity index is 2.39. The smallest absolute Gasteiger partial charge is 0.148 e. The van der Waals surface area contributed by atoms with Crippen molar-refractivity contribution >= 4 is 0 Å². The number of nitriles is 1. The first-order valence-corrected chi connectivity index (χ1v) is 6.70. The molecular formula is C18H19NO. The van der Waals surface area contributed by atoms with Gasteiger partial charge in [0.25, 0.3) is 0 Å². The molecule has 20 heavy (non-hydrogen) atoms. The van der Waals surface area contributed by atoms with Crippen molar-refractivity contribution in [2.45, 2.75) is 33.1 Å². The van der Waals surface area contributed by atoms with Crippen LogP contribution in [0.1, 0.15) is 37.5 Å². The second-order valence-corrected chi connectivity index (χ2v) is 5.94. The second kappa shape index (κ2) is 5.38. The van der Waals surface area contributed by atoms with Crippen molar-refractivity contribution in [3.05, 3.63) is 59.2 Å². The second-order valence-electron chi connectivity index (χ2n) is 5.94. The molecule has 0 heterocycles. The molecule has 0 spiro atoms. The summed E-state index contributed by atoms with van der Waals surface area (Å²) in [4.78, 5) is 0. The van der Waals surface area contributed by atoms with Crippen molar-refractivity contribution in [2.75, 3.05) is 0 Å². The van der Waals surface area contributed by atoms with Crippen LogP contribution in [0.3, 0.4) is 0 Å². The van der Waals surface area contributed by atoms with E-state index in [0.717, 1.165) is 11.3 Å². The molecule has 0 N–H and O–H groups in total. The molecule has 0 bridgehead atoms. The predicted octanol–water partition coefficient (Wildman–Crippen LogP) is 4.96. The zero-order chi connectivity index (χ0) is 14.8. The molecule has 0 saturated carbocycles. The quantitative estimate of drug-likeness (QED) is 0.769. The molecule has 0 aliphatic rings. The van der Waals surface area contributed by atoms with E-state index in [0.29, 0.717) is 11.3 Å². The Morgan fingerprint density at radius 3 is 2.40 bits per heavy atom. The first-order valence-electron chi connectivity index (χ1n) is 6.70. The predicted molar refractivity (Wildman–Crippen MR) is 81.1 cm³/mol. The summed E-state index contributed by atoms with van der Waals surface area (Å²) >= 11 is 0. The molecule has 0 unspecified atom stereocenters. The van der Waals surface area contributed by atoms with Crippen LogP contribution in [-0.4, -0.2) is 0 Å². The molecule has 0 saturated heterocycles. The first-order chi connectivity index (χ1) is 9.41. The van der Waals surface area contributed by atoms with Gasteiger partial charge in [0.15, 0.2) is 0 Å². The molecule has 2 aromatic carbocycles. The van der Waals surface area contributed by atoms with E-state index in [2.05, 4.69) is 32.9 Å². The standard InChI is InChI=1S/C18H19NO/c1-13-7-5-8-14(12-19)17(13)20-16-10-6-9-15(11-16)18(2,3)4/h5-11H,1-4H3. The third-order valence-electron chi connectivity index (χ3n) is 3.25. The number of hydrogen-bond donors (Lipinski definition) is 0. The molecule has 2 nitrogen and oxygen atoms in total. The third-order valence-corrected chi connectivity index (χ3v) is 3.25. The molecule has 2 rings (SSSR count). The fourth-order valence-electron chi connectivity index (χ4n) is 2.02. The summed E-state index contributed by atoms with van der Waals surface area (Å²) in [5.74, 6) is 1.41. The number of benzene rings is 2. The van der Waals surface area contributed by atoms with E-state index >= 15 is 0 Å². The maximum Gasteiger partial charge on any atom is 0.148 e. The Labute approximate surface area is 120 Å². The van der Waals surface area contributed by atoms with E-state index in [1.807, 2.05) is 37.3 Å². The minimum Gasteiger partial charge on any atom is -0.456 e. The average molecular weight is 265 g/mol. The van der Waals surface area contributed by atoms with Crippen molar-refractivity contribution in [1.29, 1.82) is 5.26 Å². The molecule has 0 radical (unpaired) electrons. The Kier molecular flexibility index (Phi) is 3.81. The normalized spacial score (nSPS) is 10.9. The van der Waals surface area contributed by atoms with Gasteiger partial charge in [0.1, 0.15) is 17.6 Å². The minimum absolute atomic E-state index is 0.0726. The van der Waals surface area contributed by atoms with Gasteiger partial charge in [0.05, 0.1) is 5.56 Å². The van der Waals surface area contributed by atoms with Gasteiger partial charge in [-0.2, -0.15) is 5.26 Å². The molecule has 102 valence electrons. The van der Waals surface area contributed by atoms with Gasteiger partial charge >= 0.3 is 0 Å². The lowest BCUT2D eigenvalue weighted by Crippen LogP contribution is -2.10. The van der Waals surface area contributed by atoms with Gasteiger partial charge in [-0.05, 0) is 41.7 Å². The van der Waals surface area contributed by atoms with Gasteiger partial charge in [0, 0.05) is 0 Å². The highest BCUT2D eigenvalue weighted by Crippen LogP contribution is 2.31. The lowest BCUT2D eigenvalue weighted by Gasteiger charge is -2.20. The number of nitrogens with zero attached hydrogens (tertiary/aromatic N) is 1. The topological polar surface area (TPSA) is 33.0 Å². The van der Waals surface area contributed by atoms with Crippen LogP contribution in [0.4, 0.5) is 0 Å². The zero-order valence-corrected chi connectivity index (χ0v) is 12.4. The van der Waals surface area contributed by atoms with Crippen LogP contribution in [0.15, 0.2) is 42.5 Å². The number of aryl methyl sites for hydroxylation is 1. The minimum atomic E-state index is 0.0726. The number of rotatable bonds is 2. The van der Waals surface area contributed by atoms with Gasteiger partial charge in [0.2, 0.25) is 0 Å². The molecule has 0 fully saturated rings. The van der Waals surface area contributed by atoms with Crippen LogP contribution in [0.25, 0.3) is 0 Å². The van der Waals surface area contributed by atoms with E-state index in [1.165, 1.54) is 5.56 Å². The van der Waals surface area contributed by atoms with Crippen LogP contribution in [0.5, 0.6) is 11.5 Å². The highest BCUT2D eigenvalue weighted by Gasteiger charge is 2.15. The molecule has 2 heteroatoms. The van der Waals surface area contributed by atoms with Gasteiger partial charge < -0.3 is 4.74 Å². The van der Waals surface area contributed by atoms with Gasteiger partial charge in [-0.15, -0.1) is 0 Å². The lowest BCUT2D eigenvalue weighted by molar-refractivity contribution is 0.473. The van der Waals surface area contributed by atoms with Crippen molar-refractivity contribution < 1.29 is 4.74 Å². The summed E-state index contributed by atoms with van der Waals surface area (Å²) in [5, 5.41) is 9.17. The fourth-order valence-corrected chi connectivity index (χ4v) is 2.02. The van der Waals surface area contributed by atoms with Crippen molar-refractivity contribution in [3.63, 3.8) is 0 Å². The summed E-state index contributed by atoms with van der Waals surface area (Å²) in [5.41, 5.74) is 2.81. The third kappa shape index (κ3) is 3.00. The zero-order valence-electron chi connectivity index (χ0n) is 12.4. The number of para-hydroxylation sites is 1. The van der Waals surface area contributed by atoms with E-state index in [4.69, 9.17) is 4.74 Å². The van der Waals surface area contributed by atoms with E-state index < -0.39 is 0 Å². The SMILES string of the molecule is Cc1cccc(C#N)c1Oc1cccc(C(C)(C)C)c1. The Morgan fingerprint density at radius 2 is 1.75 bits per heavy atom. The molecule has 0 aliphatic carbocycles.